The van der Waals surface area contributed by atoms with E-state index < -0.39 is 11.3 Å². The van der Waals surface area contributed by atoms with Crippen molar-refractivity contribution in [1.29, 1.82) is 0 Å². The van der Waals surface area contributed by atoms with Gasteiger partial charge in [0, 0.05) is 5.75 Å². The summed E-state index contributed by atoms with van der Waals surface area (Å²) in [5.41, 5.74) is 0. The monoisotopic (exact) mass is 222 g/mol. The van der Waals surface area contributed by atoms with Crippen LogP contribution in [-0.4, -0.2) is 22.2 Å². The van der Waals surface area contributed by atoms with Crippen LogP contribution in [0.25, 0.3) is 0 Å². The topological polar surface area (TPSA) is 37.3 Å². The Kier molecular flexibility index (Phi) is 3.91. The quantitative estimate of drug-likeness (QED) is 0.629. The summed E-state index contributed by atoms with van der Waals surface area (Å²) in [6.07, 6.45) is 0. The Bertz CT molecular complexity index is 248. The molecular formula is C7H7ClO2S2. The van der Waals surface area contributed by atoms with Crippen molar-refractivity contribution in [2.75, 3.05) is 5.75 Å². The lowest BCUT2D eigenvalue weighted by Crippen LogP contribution is -2.15. The Morgan fingerprint density at radius 2 is 2.58 bits per heavy atom. The molecule has 1 heterocycles. The number of thioether (sulfide) groups is 1. The number of carboxylic acids is 1. The van der Waals surface area contributed by atoms with Gasteiger partial charge in [-0.15, -0.1) is 34.7 Å². The lowest BCUT2D eigenvalue weighted by atomic mass is 10.5. The molecule has 1 N–H and O–H groups in total. The van der Waals surface area contributed by atoms with Crippen LogP contribution in [0.5, 0.6) is 0 Å². The summed E-state index contributed by atoms with van der Waals surface area (Å²) in [6, 6.07) is 3.87. The highest BCUT2D eigenvalue weighted by Crippen LogP contribution is 2.24. The summed E-state index contributed by atoms with van der Waals surface area (Å²) < 4.78 is 1.10. The summed E-state index contributed by atoms with van der Waals surface area (Å²) in [4.78, 5) is 10.3. The van der Waals surface area contributed by atoms with Gasteiger partial charge in [0.25, 0.3) is 0 Å². The third kappa shape index (κ3) is 3.05. The Morgan fingerprint density at radius 3 is 3.08 bits per heavy atom. The summed E-state index contributed by atoms with van der Waals surface area (Å²) in [6.45, 7) is 0. The predicted molar refractivity (Wildman–Crippen MR) is 52.3 cm³/mol. The number of aliphatic carboxylic acids is 1. The van der Waals surface area contributed by atoms with Crippen molar-refractivity contribution in [1.82, 2.24) is 0 Å². The maximum Gasteiger partial charge on any atom is 0.322 e. The molecule has 0 bridgehead atoms. The average Bonchev–Trinajstić information content (AvgIpc) is 2.51. The lowest BCUT2D eigenvalue weighted by molar-refractivity contribution is -0.136. The first kappa shape index (κ1) is 9.89. The van der Waals surface area contributed by atoms with E-state index in [-0.39, 0.29) is 0 Å². The number of carbonyl (C=O) groups is 1. The largest absolute Gasteiger partial charge is 0.480 e. The molecule has 1 unspecified atom stereocenters. The van der Waals surface area contributed by atoms with Gasteiger partial charge < -0.3 is 5.11 Å². The fourth-order valence-corrected chi connectivity index (χ4v) is 2.48. The van der Waals surface area contributed by atoms with Gasteiger partial charge in [0.1, 0.15) is 5.38 Å². The van der Waals surface area contributed by atoms with E-state index >= 15 is 0 Å². The average molecular weight is 223 g/mol. The van der Waals surface area contributed by atoms with Crippen molar-refractivity contribution in [2.45, 2.75) is 9.59 Å². The van der Waals surface area contributed by atoms with Crippen LogP contribution >= 0.6 is 34.7 Å². The van der Waals surface area contributed by atoms with E-state index in [9.17, 15) is 4.79 Å². The van der Waals surface area contributed by atoms with Crippen LogP contribution in [0.15, 0.2) is 21.7 Å². The first-order valence-corrected chi connectivity index (χ1v) is 5.53. The molecular weight excluding hydrogens is 216 g/mol. The molecule has 66 valence electrons. The van der Waals surface area contributed by atoms with Crippen molar-refractivity contribution in [3.05, 3.63) is 17.5 Å². The zero-order valence-electron chi connectivity index (χ0n) is 6.07. The van der Waals surface area contributed by atoms with Crippen molar-refractivity contribution < 1.29 is 9.90 Å². The molecule has 1 atom stereocenters. The van der Waals surface area contributed by atoms with Gasteiger partial charge in [-0.25, -0.2) is 0 Å². The van der Waals surface area contributed by atoms with Gasteiger partial charge >= 0.3 is 5.97 Å². The number of alkyl halides is 1. The second-order valence-electron chi connectivity index (χ2n) is 2.05. The van der Waals surface area contributed by atoms with Gasteiger partial charge in [0.05, 0.1) is 4.21 Å². The minimum absolute atomic E-state index is 0.414. The number of rotatable bonds is 4. The van der Waals surface area contributed by atoms with Crippen molar-refractivity contribution in [3.8, 4) is 0 Å². The highest BCUT2D eigenvalue weighted by atomic mass is 35.5. The SMILES string of the molecule is O=C(O)C(Cl)CSc1cccs1. The second kappa shape index (κ2) is 4.74. The predicted octanol–water partition coefficient (Wildman–Crippen LogP) is 2.53. The molecule has 0 aliphatic rings. The summed E-state index contributed by atoms with van der Waals surface area (Å²) in [5, 5.41) is 9.63. The van der Waals surface area contributed by atoms with Gasteiger partial charge in [-0.2, -0.15) is 0 Å². The summed E-state index contributed by atoms with van der Waals surface area (Å²) in [5.74, 6) is -0.544. The first-order valence-electron chi connectivity index (χ1n) is 3.23. The van der Waals surface area contributed by atoms with Crippen LogP contribution in [0.2, 0.25) is 0 Å². The van der Waals surface area contributed by atoms with E-state index in [1.54, 1.807) is 11.3 Å². The highest BCUT2D eigenvalue weighted by molar-refractivity contribution is 8.01. The van der Waals surface area contributed by atoms with Gasteiger partial charge in [-0.1, -0.05) is 6.07 Å². The third-order valence-corrected chi connectivity index (χ3v) is 3.88. The third-order valence-electron chi connectivity index (χ3n) is 1.13. The zero-order valence-corrected chi connectivity index (χ0v) is 8.46. The molecule has 0 amide bonds. The Hall–Kier alpha value is -0.190. The molecule has 0 fully saturated rings. The van der Waals surface area contributed by atoms with Gasteiger partial charge in [0.2, 0.25) is 0 Å². The Labute approximate surface area is 83.5 Å². The minimum atomic E-state index is -0.958. The van der Waals surface area contributed by atoms with Gasteiger partial charge in [-0.3, -0.25) is 4.79 Å². The van der Waals surface area contributed by atoms with E-state index in [1.165, 1.54) is 11.8 Å². The maximum atomic E-state index is 10.3. The molecule has 0 aliphatic carbocycles. The molecule has 1 aromatic rings. The van der Waals surface area contributed by atoms with E-state index in [1.807, 2.05) is 17.5 Å². The van der Waals surface area contributed by atoms with Crippen LogP contribution in [0.3, 0.4) is 0 Å². The molecule has 1 rings (SSSR count). The van der Waals surface area contributed by atoms with Gasteiger partial charge in [-0.05, 0) is 11.4 Å². The number of thiophene rings is 1. The number of hydrogen-bond donors (Lipinski definition) is 1. The fraction of sp³-hybridized carbons (Fsp3) is 0.286. The molecule has 0 aromatic carbocycles. The van der Waals surface area contributed by atoms with Crippen LogP contribution in [0.1, 0.15) is 0 Å². The van der Waals surface area contributed by atoms with Crippen molar-refractivity contribution in [3.63, 3.8) is 0 Å². The molecule has 0 saturated heterocycles. The van der Waals surface area contributed by atoms with E-state index in [4.69, 9.17) is 16.7 Å². The fourth-order valence-electron chi connectivity index (χ4n) is 0.572. The summed E-state index contributed by atoms with van der Waals surface area (Å²) in [7, 11) is 0. The second-order valence-corrected chi connectivity index (χ2v) is 4.84. The number of hydrogen-bond acceptors (Lipinski definition) is 3. The Balaban J connectivity index is 2.31. The molecule has 0 radical (unpaired) electrons. The number of carboxylic acid groups (broad SMARTS) is 1. The molecule has 0 aliphatic heterocycles. The van der Waals surface area contributed by atoms with E-state index in [0.29, 0.717) is 5.75 Å². The van der Waals surface area contributed by atoms with E-state index in [0.717, 1.165) is 4.21 Å². The highest BCUT2D eigenvalue weighted by Gasteiger charge is 2.13. The smallest absolute Gasteiger partial charge is 0.322 e. The normalized spacial score (nSPS) is 12.8. The van der Waals surface area contributed by atoms with Gasteiger partial charge in [0.15, 0.2) is 0 Å². The minimum Gasteiger partial charge on any atom is -0.480 e. The zero-order chi connectivity index (χ0) is 8.97. The maximum absolute atomic E-state index is 10.3. The van der Waals surface area contributed by atoms with Crippen molar-refractivity contribution in [2.24, 2.45) is 0 Å². The standard InChI is InChI=1S/C7H7ClO2S2/c8-5(7(9)10)4-12-6-2-1-3-11-6/h1-3,5H,4H2,(H,9,10). The molecule has 12 heavy (non-hydrogen) atoms. The number of halogens is 1. The van der Waals surface area contributed by atoms with E-state index in [2.05, 4.69) is 0 Å². The molecule has 0 saturated carbocycles. The lowest BCUT2D eigenvalue weighted by Gasteiger charge is -2.00. The molecule has 2 nitrogen and oxygen atoms in total. The van der Waals surface area contributed by atoms with Crippen LogP contribution in [0, 0.1) is 0 Å². The molecule has 1 aromatic heterocycles. The van der Waals surface area contributed by atoms with Crippen molar-refractivity contribution >= 4 is 40.7 Å². The Morgan fingerprint density at radius 1 is 1.83 bits per heavy atom. The summed E-state index contributed by atoms with van der Waals surface area (Å²) >= 11 is 8.57. The van der Waals surface area contributed by atoms with Crippen LogP contribution in [-0.2, 0) is 4.79 Å². The molecule has 5 heteroatoms. The molecule has 0 spiro atoms. The van der Waals surface area contributed by atoms with Crippen LogP contribution < -0.4 is 0 Å². The first-order chi connectivity index (χ1) is 5.70. The van der Waals surface area contributed by atoms with Crippen LogP contribution in [0.4, 0.5) is 0 Å².